The van der Waals surface area contributed by atoms with E-state index in [1.165, 1.54) is 0 Å². The topological polar surface area (TPSA) is 27.7 Å². The summed E-state index contributed by atoms with van der Waals surface area (Å²) in [4.78, 5) is 0. The lowest BCUT2D eigenvalue weighted by atomic mass is 10.0. The van der Waals surface area contributed by atoms with Gasteiger partial charge in [0.25, 0.3) is 0 Å². The van der Waals surface area contributed by atoms with Crippen LogP contribution in [-0.4, -0.2) is 36.3 Å². The average molecular weight is 310 g/mol. The molecule has 0 bridgehead atoms. The third-order valence-corrected chi connectivity index (χ3v) is 5.47. The second kappa shape index (κ2) is 4.42. The van der Waals surface area contributed by atoms with Crippen molar-refractivity contribution in [2.24, 2.45) is 11.8 Å². The van der Waals surface area contributed by atoms with E-state index in [-0.39, 0.29) is 11.8 Å². The molecule has 0 amide bonds. The molecule has 3 aliphatic rings. The molecule has 7 heteroatoms. The maximum absolute atomic E-state index is 12.7. The molecule has 1 aliphatic heterocycles. The van der Waals surface area contributed by atoms with Crippen LogP contribution in [0, 0.1) is 11.8 Å². The van der Waals surface area contributed by atoms with Crippen molar-refractivity contribution in [2.45, 2.75) is 30.6 Å². The minimum Gasteiger partial charge on any atom is -0.439 e. The molecule has 3 rings (SSSR count). The predicted molar refractivity (Wildman–Crippen MR) is 72.5 cm³/mol. The number of hydrogen-bond donors (Lipinski definition) is 0. The first-order chi connectivity index (χ1) is 9.21. The highest BCUT2D eigenvalue weighted by atomic mass is 32.2. The van der Waals surface area contributed by atoms with Crippen molar-refractivity contribution < 1.29 is 26.8 Å². The third-order valence-electron chi connectivity index (χ3n) is 4.09. The van der Waals surface area contributed by atoms with E-state index < -0.39 is 20.8 Å². The van der Waals surface area contributed by atoms with Gasteiger partial charge in [0.2, 0.25) is 0 Å². The molecular weight excluding hydrogens is 293 g/mol. The minimum atomic E-state index is -4.51. The lowest BCUT2D eigenvalue weighted by molar-refractivity contribution is -0.154. The molecule has 1 saturated carbocycles. The van der Waals surface area contributed by atoms with Crippen LogP contribution in [0.2, 0.25) is 0 Å². The van der Waals surface area contributed by atoms with Gasteiger partial charge in [-0.3, -0.25) is 0 Å². The van der Waals surface area contributed by atoms with Gasteiger partial charge in [-0.15, -0.1) is 0 Å². The number of hydrogen-bond acceptors (Lipinski definition) is 3. The zero-order valence-electron chi connectivity index (χ0n) is 10.9. The fraction of sp³-hybridized carbons (Fsp3) is 0.692. The van der Waals surface area contributed by atoms with Crippen LogP contribution in [0.3, 0.4) is 0 Å². The first-order valence-electron chi connectivity index (χ1n) is 6.45. The van der Waals surface area contributed by atoms with Crippen molar-refractivity contribution in [3.05, 3.63) is 11.8 Å². The summed E-state index contributed by atoms with van der Waals surface area (Å²) in [6, 6.07) is 0. The third kappa shape index (κ3) is 2.35. The number of alkyl halides is 3. The minimum absolute atomic E-state index is 0.159. The first-order valence-corrected chi connectivity index (χ1v) is 8.34. The molecular formula is C13H17F3O3S. The summed E-state index contributed by atoms with van der Waals surface area (Å²) in [6.45, 7) is 1.18. The van der Waals surface area contributed by atoms with E-state index in [4.69, 9.17) is 13.7 Å². The van der Waals surface area contributed by atoms with Crippen LogP contribution in [0.1, 0.15) is 19.3 Å². The van der Waals surface area contributed by atoms with E-state index in [1.54, 1.807) is 6.08 Å². The second-order valence-corrected chi connectivity index (χ2v) is 7.87. The fourth-order valence-corrected chi connectivity index (χ4v) is 3.82. The van der Waals surface area contributed by atoms with Crippen molar-refractivity contribution >= 4 is 21.2 Å². The monoisotopic (exact) mass is 310 g/mol. The van der Waals surface area contributed by atoms with Gasteiger partial charge in [-0.1, -0.05) is 0 Å². The standard InChI is InChI=1S/C13H17F3O3S/c1-20(2,13(14,15)16)19-11-5-9-7-12(8-10(9)6-11)17-3-4-18-12/h5,9-10H,1-4,6-8H2/t9?,10-/m0/s1. The summed E-state index contributed by atoms with van der Waals surface area (Å²) < 4.78 is 54.6. The van der Waals surface area contributed by atoms with Gasteiger partial charge < -0.3 is 13.7 Å². The van der Waals surface area contributed by atoms with E-state index >= 15 is 0 Å². The Morgan fingerprint density at radius 3 is 2.45 bits per heavy atom. The molecule has 1 saturated heterocycles. The maximum Gasteiger partial charge on any atom is 0.462 e. The Balaban J connectivity index is 1.69. The summed E-state index contributed by atoms with van der Waals surface area (Å²) in [5, 5.41) is 0. The van der Waals surface area contributed by atoms with Gasteiger partial charge in [-0.2, -0.15) is 13.2 Å². The zero-order valence-corrected chi connectivity index (χ0v) is 11.8. The van der Waals surface area contributed by atoms with E-state index in [9.17, 15) is 13.2 Å². The average Bonchev–Trinajstić information content (AvgIpc) is 2.93. The molecule has 1 unspecified atom stereocenters. The molecule has 1 heterocycles. The molecule has 20 heavy (non-hydrogen) atoms. The molecule has 0 aromatic carbocycles. The molecule has 2 aliphatic carbocycles. The van der Waals surface area contributed by atoms with Crippen LogP contribution in [0.15, 0.2) is 11.8 Å². The number of fused-ring (bicyclic) bond motifs is 1. The Kier molecular flexibility index (Phi) is 3.15. The highest BCUT2D eigenvalue weighted by Crippen LogP contribution is 2.53. The Bertz CT molecular complexity index is 530. The van der Waals surface area contributed by atoms with Gasteiger partial charge in [-0.25, -0.2) is 0 Å². The SMILES string of the molecule is C=S(=C)(OC1=CC2CC3(C[C@@H]2C1)OCCO3)C(F)(F)F. The molecule has 3 nitrogen and oxygen atoms in total. The largest absolute Gasteiger partial charge is 0.462 e. The van der Waals surface area contributed by atoms with E-state index in [1.807, 2.05) is 0 Å². The van der Waals surface area contributed by atoms with Crippen LogP contribution in [0.25, 0.3) is 0 Å². The molecule has 0 radical (unpaired) electrons. The smallest absolute Gasteiger partial charge is 0.439 e. The van der Waals surface area contributed by atoms with Gasteiger partial charge in [0.05, 0.1) is 13.2 Å². The quantitative estimate of drug-likeness (QED) is 0.733. The highest BCUT2D eigenvalue weighted by Gasteiger charge is 2.51. The second-order valence-electron chi connectivity index (χ2n) is 5.62. The maximum atomic E-state index is 12.7. The van der Waals surface area contributed by atoms with Gasteiger partial charge in [-0.05, 0) is 29.7 Å². The van der Waals surface area contributed by atoms with E-state index in [0.717, 1.165) is 0 Å². The molecule has 1 spiro atoms. The summed E-state index contributed by atoms with van der Waals surface area (Å²) in [5.41, 5.74) is -4.51. The fourth-order valence-electron chi connectivity index (χ4n) is 3.19. The van der Waals surface area contributed by atoms with Crippen molar-refractivity contribution in [1.29, 1.82) is 0 Å². The van der Waals surface area contributed by atoms with Crippen LogP contribution < -0.4 is 0 Å². The lowest BCUT2D eigenvalue weighted by Gasteiger charge is -2.23. The predicted octanol–water partition coefficient (Wildman–Crippen LogP) is 3.16. The van der Waals surface area contributed by atoms with E-state index in [0.29, 0.717) is 38.2 Å². The number of rotatable bonds is 2. The van der Waals surface area contributed by atoms with Crippen molar-refractivity contribution in [2.75, 3.05) is 13.2 Å². The van der Waals surface area contributed by atoms with E-state index in [2.05, 4.69) is 11.7 Å². The van der Waals surface area contributed by atoms with Gasteiger partial charge in [0, 0.05) is 28.7 Å². The van der Waals surface area contributed by atoms with Crippen LogP contribution >= 0.6 is 9.49 Å². The normalized spacial score (nSPS) is 32.5. The van der Waals surface area contributed by atoms with Gasteiger partial charge in [0.1, 0.15) is 5.76 Å². The Morgan fingerprint density at radius 2 is 1.90 bits per heavy atom. The summed E-state index contributed by atoms with van der Waals surface area (Å²) >= 11 is 0. The summed E-state index contributed by atoms with van der Waals surface area (Å²) in [6.07, 6.45) is 3.65. The molecule has 2 atom stereocenters. The van der Waals surface area contributed by atoms with Crippen LogP contribution in [0.4, 0.5) is 13.2 Å². The number of allylic oxidation sites excluding steroid dienone is 2. The molecule has 0 N–H and O–H groups in total. The Labute approximate surface area is 116 Å². The number of ether oxygens (including phenoxy) is 2. The summed E-state index contributed by atoms with van der Waals surface area (Å²) in [5.74, 6) is 6.45. The first kappa shape index (κ1) is 14.3. The molecule has 114 valence electrons. The lowest BCUT2D eigenvalue weighted by Crippen LogP contribution is -2.26. The zero-order chi connectivity index (χ0) is 14.6. The van der Waals surface area contributed by atoms with Crippen molar-refractivity contribution in [3.8, 4) is 0 Å². The Hall–Kier alpha value is -0.660. The molecule has 0 aromatic rings. The molecule has 2 fully saturated rings. The van der Waals surface area contributed by atoms with Crippen LogP contribution in [-0.2, 0) is 13.7 Å². The summed E-state index contributed by atoms with van der Waals surface area (Å²) in [7, 11) is -3.57. The number of halogens is 3. The van der Waals surface area contributed by atoms with Gasteiger partial charge in [0.15, 0.2) is 5.79 Å². The molecule has 0 aromatic heterocycles. The van der Waals surface area contributed by atoms with Crippen molar-refractivity contribution in [1.82, 2.24) is 0 Å². The van der Waals surface area contributed by atoms with Gasteiger partial charge >= 0.3 is 5.51 Å². The highest BCUT2D eigenvalue weighted by molar-refractivity contribution is 8.24. The Morgan fingerprint density at radius 1 is 1.25 bits per heavy atom. The van der Waals surface area contributed by atoms with Crippen LogP contribution in [0.5, 0.6) is 0 Å². The van der Waals surface area contributed by atoms with Crippen molar-refractivity contribution in [3.63, 3.8) is 0 Å².